The first-order valence-electron chi connectivity index (χ1n) is 6.62. The molecule has 1 amide bonds. The third kappa shape index (κ3) is 2.67. The van der Waals surface area contributed by atoms with Crippen molar-refractivity contribution in [3.63, 3.8) is 0 Å². The van der Waals surface area contributed by atoms with Crippen LogP contribution in [-0.2, 0) is 4.79 Å². The van der Waals surface area contributed by atoms with Crippen molar-refractivity contribution < 1.29 is 4.79 Å². The quantitative estimate of drug-likeness (QED) is 0.833. The number of hydrogen-bond donors (Lipinski definition) is 2. The number of aromatic nitrogens is 4. The number of halogens is 1. The number of likely N-dealkylation sites (tertiary alicyclic amines) is 1. The van der Waals surface area contributed by atoms with E-state index in [1.807, 2.05) is 4.90 Å². The molecule has 0 unspecified atom stereocenters. The Kier molecular flexibility index (Phi) is 3.68. The van der Waals surface area contributed by atoms with E-state index in [0.717, 1.165) is 25.9 Å². The Labute approximate surface area is 120 Å². The maximum absolute atomic E-state index is 11.9. The molecule has 1 saturated heterocycles. The average molecular weight is 295 g/mol. The highest BCUT2D eigenvalue weighted by Crippen LogP contribution is 2.18. The number of aromatic amines is 1. The predicted molar refractivity (Wildman–Crippen MR) is 75.6 cm³/mol. The van der Waals surface area contributed by atoms with E-state index in [0.29, 0.717) is 29.9 Å². The number of fused-ring (bicyclic) bond motifs is 1. The molecule has 106 valence electrons. The van der Waals surface area contributed by atoms with E-state index in [4.69, 9.17) is 11.6 Å². The van der Waals surface area contributed by atoms with Crippen LogP contribution in [0.4, 0.5) is 5.82 Å². The number of H-pyrrole nitrogens is 1. The molecule has 1 fully saturated rings. The summed E-state index contributed by atoms with van der Waals surface area (Å²) in [5.74, 6) is 0.753. The fourth-order valence-electron chi connectivity index (χ4n) is 2.35. The predicted octanol–water partition coefficient (Wildman–Crippen LogP) is 1.43. The van der Waals surface area contributed by atoms with Gasteiger partial charge < -0.3 is 15.2 Å². The summed E-state index contributed by atoms with van der Waals surface area (Å²) in [5.41, 5.74) is 1.21. The van der Waals surface area contributed by atoms with E-state index in [1.54, 1.807) is 0 Å². The van der Waals surface area contributed by atoms with E-state index >= 15 is 0 Å². The Morgan fingerprint density at radius 3 is 3.00 bits per heavy atom. The molecule has 0 aliphatic carbocycles. The lowest BCUT2D eigenvalue weighted by molar-refractivity contribution is -0.129. The molecular formula is C12H15ClN6O. The van der Waals surface area contributed by atoms with Crippen LogP contribution in [-0.4, -0.2) is 50.4 Å². The molecule has 3 heterocycles. The number of carbonyl (C=O) groups is 1. The molecule has 20 heavy (non-hydrogen) atoms. The van der Waals surface area contributed by atoms with Gasteiger partial charge >= 0.3 is 0 Å². The summed E-state index contributed by atoms with van der Waals surface area (Å²) in [5, 5.41) is 3.25. The van der Waals surface area contributed by atoms with Crippen LogP contribution in [0.2, 0.25) is 5.28 Å². The second-order valence-electron chi connectivity index (χ2n) is 4.71. The molecule has 0 aromatic carbocycles. The lowest BCUT2D eigenvalue weighted by Gasteiger charge is -2.15. The standard InChI is InChI=1S/C12H15ClN6O/c13-12-17-10(9-11(18-12)16-7-15-9)14-4-3-8(20)19-5-1-2-6-19/h7H,1-6H2,(H2,14,15,16,17,18). The largest absolute Gasteiger partial charge is 0.368 e. The highest BCUT2D eigenvalue weighted by atomic mass is 35.5. The number of amides is 1. The van der Waals surface area contributed by atoms with Crippen molar-refractivity contribution in [3.05, 3.63) is 11.6 Å². The third-order valence-corrected chi connectivity index (χ3v) is 3.52. The van der Waals surface area contributed by atoms with Crippen molar-refractivity contribution >= 4 is 34.5 Å². The van der Waals surface area contributed by atoms with Crippen LogP contribution in [0, 0.1) is 0 Å². The van der Waals surface area contributed by atoms with Gasteiger partial charge in [-0.25, -0.2) is 4.98 Å². The minimum Gasteiger partial charge on any atom is -0.368 e. The Hall–Kier alpha value is -1.89. The second kappa shape index (κ2) is 5.62. The van der Waals surface area contributed by atoms with Gasteiger partial charge in [-0.05, 0) is 24.4 Å². The van der Waals surface area contributed by atoms with Gasteiger partial charge in [0.2, 0.25) is 11.2 Å². The minimum atomic E-state index is 0.137. The summed E-state index contributed by atoms with van der Waals surface area (Å²) >= 11 is 5.83. The molecule has 7 nitrogen and oxygen atoms in total. The SMILES string of the molecule is O=C(CCNc1nc(Cl)nc2nc[nH]c12)N1CCCC1. The molecule has 3 rings (SSSR count). The van der Waals surface area contributed by atoms with Gasteiger partial charge in [-0.3, -0.25) is 4.79 Å². The van der Waals surface area contributed by atoms with Crippen molar-refractivity contribution in [1.29, 1.82) is 0 Å². The fourth-order valence-corrected chi connectivity index (χ4v) is 2.51. The molecule has 2 aromatic heterocycles. The molecule has 1 aliphatic heterocycles. The van der Waals surface area contributed by atoms with Gasteiger partial charge in [0.1, 0.15) is 5.52 Å². The van der Waals surface area contributed by atoms with Gasteiger partial charge in [0.15, 0.2) is 11.5 Å². The number of nitrogens with one attached hydrogen (secondary N) is 2. The zero-order valence-electron chi connectivity index (χ0n) is 10.9. The number of hydrogen-bond acceptors (Lipinski definition) is 5. The van der Waals surface area contributed by atoms with Crippen LogP contribution in [0.1, 0.15) is 19.3 Å². The normalized spacial score (nSPS) is 14.9. The molecule has 0 spiro atoms. The van der Waals surface area contributed by atoms with Gasteiger partial charge in [-0.15, -0.1) is 0 Å². The van der Waals surface area contributed by atoms with Crippen molar-refractivity contribution in [1.82, 2.24) is 24.8 Å². The Morgan fingerprint density at radius 1 is 1.40 bits per heavy atom. The molecule has 0 atom stereocenters. The van der Waals surface area contributed by atoms with Crippen LogP contribution in [0.25, 0.3) is 11.2 Å². The molecule has 1 aliphatic rings. The molecular weight excluding hydrogens is 280 g/mol. The molecule has 0 bridgehead atoms. The van der Waals surface area contributed by atoms with E-state index < -0.39 is 0 Å². The molecule has 2 N–H and O–H groups in total. The van der Waals surface area contributed by atoms with Gasteiger partial charge in [0.25, 0.3) is 0 Å². The minimum absolute atomic E-state index is 0.137. The van der Waals surface area contributed by atoms with Crippen molar-refractivity contribution in [2.45, 2.75) is 19.3 Å². The smallest absolute Gasteiger partial charge is 0.226 e. The fraction of sp³-hybridized carbons (Fsp3) is 0.500. The second-order valence-corrected chi connectivity index (χ2v) is 5.05. The Balaban J connectivity index is 1.62. The first kappa shape index (κ1) is 13.1. The maximum atomic E-state index is 11.9. The number of anilines is 1. The first-order valence-corrected chi connectivity index (χ1v) is 7.00. The highest BCUT2D eigenvalue weighted by molar-refractivity contribution is 6.28. The monoisotopic (exact) mass is 294 g/mol. The lowest BCUT2D eigenvalue weighted by Crippen LogP contribution is -2.29. The van der Waals surface area contributed by atoms with Crippen molar-refractivity contribution in [2.24, 2.45) is 0 Å². The summed E-state index contributed by atoms with van der Waals surface area (Å²) in [6, 6.07) is 0. The topological polar surface area (TPSA) is 86.8 Å². The zero-order valence-corrected chi connectivity index (χ0v) is 11.7. The number of rotatable bonds is 4. The summed E-state index contributed by atoms with van der Waals surface area (Å²) in [4.78, 5) is 28.9. The van der Waals surface area contributed by atoms with Gasteiger partial charge in [0.05, 0.1) is 6.33 Å². The van der Waals surface area contributed by atoms with Crippen molar-refractivity contribution in [2.75, 3.05) is 25.0 Å². The third-order valence-electron chi connectivity index (χ3n) is 3.35. The Bertz CT molecular complexity index is 621. The van der Waals surface area contributed by atoms with Crippen LogP contribution < -0.4 is 5.32 Å². The average Bonchev–Trinajstić information content (AvgIpc) is 3.09. The zero-order chi connectivity index (χ0) is 13.9. The Morgan fingerprint density at radius 2 is 2.20 bits per heavy atom. The molecule has 8 heteroatoms. The number of carbonyl (C=O) groups excluding carboxylic acids is 1. The summed E-state index contributed by atoms with van der Waals surface area (Å²) < 4.78 is 0. The van der Waals surface area contributed by atoms with Crippen LogP contribution in [0.5, 0.6) is 0 Å². The summed E-state index contributed by atoms with van der Waals surface area (Å²) in [6.07, 6.45) is 4.19. The summed E-state index contributed by atoms with van der Waals surface area (Å²) in [7, 11) is 0. The molecule has 2 aromatic rings. The number of imidazole rings is 1. The van der Waals surface area contributed by atoms with Crippen LogP contribution in [0.3, 0.4) is 0 Å². The van der Waals surface area contributed by atoms with Crippen LogP contribution >= 0.6 is 11.6 Å². The summed E-state index contributed by atoms with van der Waals surface area (Å²) in [6.45, 7) is 2.27. The highest BCUT2D eigenvalue weighted by Gasteiger charge is 2.17. The molecule has 0 radical (unpaired) electrons. The van der Waals surface area contributed by atoms with Gasteiger partial charge in [-0.2, -0.15) is 9.97 Å². The molecule has 0 saturated carbocycles. The van der Waals surface area contributed by atoms with E-state index in [9.17, 15) is 4.79 Å². The lowest BCUT2D eigenvalue weighted by atomic mass is 10.3. The number of nitrogens with zero attached hydrogens (tertiary/aromatic N) is 4. The van der Waals surface area contributed by atoms with E-state index in [2.05, 4.69) is 25.3 Å². The van der Waals surface area contributed by atoms with Crippen molar-refractivity contribution in [3.8, 4) is 0 Å². The first-order chi connectivity index (χ1) is 9.74. The maximum Gasteiger partial charge on any atom is 0.226 e. The van der Waals surface area contributed by atoms with E-state index in [-0.39, 0.29) is 11.2 Å². The van der Waals surface area contributed by atoms with Gasteiger partial charge in [-0.1, -0.05) is 0 Å². The van der Waals surface area contributed by atoms with Crippen LogP contribution in [0.15, 0.2) is 6.33 Å². The van der Waals surface area contributed by atoms with Gasteiger partial charge in [0, 0.05) is 26.1 Å². The van der Waals surface area contributed by atoms with E-state index in [1.165, 1.54) is 6.33 Å².